The zero-order valence-corrected chi connectivity index (χ0v) is 11.6. The molecule has 0 saturated heterocycles. The molecule has 3 nitrogen and oxygen atoms in total. The summed E-state index contributed by atoms with van der Waals surface area (Å²) >= 11 is 5.78. The van der Waals surface area contributed by atoms with E-state index in [1.807, 2.05) is 7.05 Å². The molecule has 0 amide bonds. The first-order chi connectivity index (χ1) is 8.61. The number of hydrogen-bond acceptors (Lipinski definition) is 3. The molecule has 0 aliphatic rings. The van der Waals surface area contributed by atoms with E-state index < -0.39 is 0 Å². The van der Waals surface area contributed by atoms with Crippen molar-refractivity contribution in [3.05, 3.63) is 34.6 Å². The van der Waals surface area contributed by atoms with Crippen LogP contribution in [-0.2, 0) is 11.3 Å². The van der Waals surface area contributed by atoms with Crippen LogP contribution in [0.15, 0.2) is 18.2 Å². The molecule has 0 bridgehead atoms. The van der Waals surface area contributed by atoms with E-state index in [1.165, 1.54) is 12.1 Å². The second kappa shape index (κ2) is 8.43. The Morgan fingerprint density at radius 3 is 2.78 bits per heavy atom. The Labute approximate surface area is 113 Å². The Morgan fingerprint density at radius 1 is 1.33 bits per heavy atom. The molecule has 0 saturated carbocycles. The van der Waals surface area contributed by atoms with Gasteiger partial charge >= 0.3 is 0 Å². The summed E-state index contributed by atoms with van der Waals surface area (Å²) in [5.74, 6) is -0.295. The lowest BCUT2D eigenvalue weighted by Gasteiger charge is -2.16. The van der Waals surface area contributed by atoms with Crippen LogP contribution in [0.5, 0.6) is 0 Å². The molecule has 0 aliphatic carbocycles. The lowest BCUT2D eigenvalue weighted by Crippen LogP contribution is -2.31. The molecule has 0 spiro atoms. The van der Waals surface area contributed by atoms with Crippen molar-refractivity contribution in [1.82, 2.24) is 10.2 Å². The second-order valence-corrected chi connectivity index (χ2v) is 4.69. The molecule has 18 heavy (non-hydrogen) atoms. The van der Waals surface area contributed by atoms with Crippen LogP contribution in [0.1, 0.15) is 5.56 Å². The van der Waals surface area contributed by atoms with Gasteiger partial charge in [-0.1, -0.05) is 11.6 Å². The molecule has 0 atom stereocenters. The van der Waals surface area contributed by atoms with Crippen LogP contribution >= 0.6 is 11.6 Å². The van der Waals surface area contributed by atoms with Gasteiger partial charge in [0.15, 0.2) is 0 Å². The maximum absolute atomic E-state index is 13.1. The van der Waals surface area contributed by atoms with Crippen LogP contribution < -0.4 is 5.32 Å². The highest BCUT2D eigenvalue weighted by atomic mass is 35.5. The molecule has 0 radical (unpaired) electrons. The fourth-order valence-electron chi connectivity index (χ4n) is 1.57. The van der Waals surface area contributed by atoms with Gasteiger partial charge in [0.2, 0.25) is 0 Å². The monoisotopic (exact) mass is 274 g/mol. The minimum atomic E-state index is -0.295. The summed E-state index contributed by atoms with van der Waals surface area (Å²) in [6.07, 6.45) is 0. The summed E-state index contributed by atoms with van der Waals surface area (Å²) in [6.45, 7) is 4.02. The number of nitrogens with one attached hydrogen (secondary N) is 1. The molecule has 5 heteroatoms. The molecule has 0 aromatic heterocycles. The van der Waals surface area contributed by atoms with Gasteiger partial charge < -0.3 is 15.0 Å². The molecular weight excluding hydrogens is 255 g/mol. The minimum Gasteiger partial charge on any atom is -0.383 e. The third kappa shape index (κ3) is 6.31. The summed E-state index contributed by atoms with van der Waals surface area (Å²) < 4.78 is 18.1. The first kappa shape index (κ1) is 15.4. The van der Waals surface area contributed by atoms with Crippen LogP contribution in [0.2, 0.25) is 5.02 Å². The van der Waals surface area contributed by atoms with E-state index in [9.17, 15) is 4.39 Å². The van der Waals surface area contributed by atoms with Crippen molar-refractivity contribution < 1.29 is 9.13 Å². The third-order valence-electron chi connectivity index (χ3n) is 2.60. The van der Waals surface area contributed by atoms with Gasteiger partial charge in [-0.25, -0.2) is 4.39 Å². The van der Waals surface area contributed by atoms with Gasteiger partial charge in [-0.3, -0.25) is 0 Å². The molecule has 0 unspecified atom stereocenters. The molecule has 1 N–H and O–H groups in total. The van der Waals surface area contributed by atoms with Gasteiger partial charge in [0.25, 0.3) is 0 Å². The van der Waals surface area contributed by atoms with Crippen molar-refractivity contribution in [1.29, 1.82) is 0 Å². The molecule has 102 valence electrons. The summed E-state index contributed by atoms with van der Waals surface area (Å²) in [7, 11) is 3.74. The number of benzene rings is 1. The lowest BCUT2D eigenvalue weighted by molar-refractivity contribution is 0.161. The Bertz CT molecular complexity index is 343. The van der Waals surface area contributed by atoms with Crippen molar-refractivity contribution in [2.75, 3.05) is 40.4 Å². The van der Waals surface area contributed by atoms with Gasteiger partial charge in [0.1, 0.15) is 5.82 Å². The number of nitrogens with zero attached hydrogens (tertiary/aromatic N) is 1. The highest BCUT2D eigenvalue weighted by Crippen LogP contribution is 2.13. The summed E-state index contributed by atoms with van der Waals surface area (Å²) in [6, 6.07) is 4.57. The standard InChI is InChI=1S/C13H20ClFN2O/c1-17(5-6-18-2)4-3-16-10-11-7-12(14)9-13(15)8-11/h7-9,16H,3-6,10H2,1-2H3. The number of halogens is 2. The Kier molecular flexibility index (Phi) is 7.20. The van der Waals surface area contributed by atoms with Gasteiger partial charge in [0.05, 0.1) is 6.61 Å². The highest BCUT2D eigenvalue weighted by molar-refractivity contribution is 6.30. The topological polar surface area (TPSA) is 24.5 Å². The summed E-state index contributed by atoms with van der Waals surface area (Å²) in [4.78, 5) is 2.18. The molecule has 0 fully saturated rings. The number of hydrogen-bond donors (Lipinski definition) is 1. The molecule has 1 aromatic rings. The fourth-order valence-corrected chi connectivity index (χ4v) is 1.82. The first-order valence-electron chi connectivity index (χ1n) is 5.95. The van der Waals surface area contributed by atoms with E-state index >= 15 is 0 Å². The minimum absolute atomic E-state index is 0.295. The van der Waals surface area contributed by atoms with Crippen molar-refractivity contribution in [3.63, 3.8) is 0 Å². The van der Waals surface area contributed by atoms with E-state index in [4.69, 9.17) is 16.3 Å². The SMILES string of the molecule is COCCN(C)CCNCc1cc(F)cc(Cl)c1. The number of rotatable bonds is 8. The normalized spacial score (nSPS) is 11.2. The highest BCUT2D eigenvalue weighted by Gasteiger charge is 2.00. The maximum atomic E-state index is 13.1. The van der Waals surface area contributed by atoms with Crippen molar-refractivity contribution in [2.24, 2.45) is 0 Å². The quantitative estimate of drug-likeness (QED) is 0.735. The van der Waals surface area contributed by atoms with E-state index in [0.717, 1.165) is 31.8 Å². The van der Waals surface area contributed by atoms with Crippen LogP contribution in [0.25, 0.3) is 0 Å². The third-order valence-corrected chi connectivity index (χ3v) is 2.82. The van der Waals surface area contributed by atoms with Gasteiger partial charge in [-0.05, 0) is 30.8 Å². The van der Waals surface area contributed by atoms with Crippen LogP contribution in [0.4, 0.5) is 4.39 Å². The molecule has 0 heterocycles. The van der Waals surface area contributed by atoms with Gasteiger partial charge in [-0.15, -0.1) is 0 Å². The molecular formula is C13H20ClFN2O. The zero-order valence-electron chi connectivity index (χ0n) is 10.9. The predicted molar refractivity (Wildman–Crippen MR) is 72.5 cm³/mol. The van der Waals surface area contributed by atoms with Crippen LogP contribution in [-0.4, -0.2) is 45.3 Å². The van der Waals surface area contributed by atoms with E-state index in [0.29, 0.717) is 11.6 Å². The Hall–Kier alpha value is -0.680. The average molecular weight is 275 g/mol. The maximum Gasteiger partial charge on any atom is 0.125 e. The van der Waals surface area contributed by atoms with Crippen LogP contribution in [0, 0.1) is 5.82 Å². The molecule has 0 aliphatic heterocycles. The molecule has 1 aromatic carbocycles. The largest absolute Gasteiger partial charge is 0.383 e. The summed E-state index contributed by atoms with van der Waals surface area (Å²) in [5.41, 5.74) is 0.861. The van der Waals surface area contributed by atoms with Crippen LogP contribution in [0.3, 0.4) is 0 Å². The zero-order chi connectivity index (χ0) is 13.4. The second-order valence-electron chi connectivity index (χ2n) is 4.25. The van der Waals surface area contributed by atoms with E-state index in [-0.39, 0.29) is 5.82 Å². The van der Waals surface area contributed by atoms with E-state index in [2.05, 4.69) is 10.2 Å². The first-order valence-corrected chi connectivity index (χ1v) is 6.33. The van der Waals surface area contributed by atoms with Crippen molar-refractivity contribution in [3.8, 4) is 0 Å². The fraction of sp³-hybridized carbons (Fsp3) is 0.538. The lowest BCUT2D eigenvalue weighted by atomic mass is 10.2. The van der Waals surface area contributed by atoms with Crippen molar-refractivity contribution in [2.45, 2.75) is 6.54 Å². The Balaban J connectivity index is 2.21. The molecule has 1 rings (SSSR count). The average Bonchev–Trinajstić information content (AvgIpc) is 2.31. The van der Waals surface area contributed by atoms with E-state index in [1.54, 1.807) is 13.2 Å². The smallest absolute Gasteiger partial charge is 0.125 e. The number of ether oxygens (including phenoxy) is 1. The predicted octanol–water partition coefficient (Wildman–Crippen LogP) is 2.15. The van der Waals surface area contributed by atoms with Gasteiger partial charge in [0, 0.05) is 38.3 Å². The summed E-state index contributed by atoms with van der Waals surface area (Å²) in [5, 5.41) is 3.69. The number of likely N-dealkylation sites (N-methyl/N-ethyl adjacent to an activating group) is 1. The Morgan fingerprint density at radius 2 is 2.11 bits per heavy atom. The van der Waals surface area contributed by atoms with Crippen molar-refractivity contribution >= 4 is 11.6 Å². The number of methoxy groups -OCH3 is 1. The van der Waals surface area contributed by atoms with Gasteiger partial charge in [-0.2, -0.15) is 0 Å².